The predicted octanol–water partition coefficient (Wildman–Crippen LogP) is 4.45. The van der Waals surface area contributed by atoms with E-state index in [-0.39, 0.29) is 29.5 Å². The van der Waals surface area contributed by atoms with Crippen LogP contribution in [0.3, 0.4) is 0 Å². The highest BCUT2D eigenvalue weighted by atomic mass is 19.4. The van der Waals surface area contributed by atoms with Gasteiger partial charge in [-0.25, -0.2) is 4.68 Å². The van der Waals surface area contributed by atoms with Gasteiger partial charge in [0.1, 0.15) is 5.75 Å². The summed E-state index contributed by atoms with van der Waals surface area (Å²) in [5.41, 5.74) is -0.170. The number of piperidine rings is 1. The summed E-state index contributed by atoms with van der Waals surface area (Å²) in [6, 6.07) is 12.6. The first kappa shape index (κ1) is 27.3. The maximum absolute atomic E-state index is 14.1. The van der Waals surface area contributed by atoms with E-state index in [0.717, 1.165) is 17.3 Å². The van der Waals surface area contributed by atoms with Gasteiger partial charge in [-0.05, 0) is 49.2 Å². The van der Waals surface area contributed by atoms with Crippen LogP contribution >= 0.6 is 0 Å². The fourth-order valence-corrected chi connectivity index (χ4v) is 4.77. The lowest BCUT2D eigenvalue weighted by Gasteiger charge is -2.32. The van der Waals surface area contributed by atoms with Crippen molar-refractivity contribution in [1.82, 2.24) is 24.8 Å². The van der Waals surface area contributed by atoms with Crippen molar-refractivity contribution in [3.63, 3.8) is 0 Å². The van der Waals surface area contributed by atoms with Gasteiger partial charge in [0.2, 0.25) is 5.82 Å². The fraction of sp³-hybridized carbons (Fsp3) is 0.333. The summed E-state index contributed by atoms with van der Waals surface area (Å²) in [6.07, 6.45) is -3.22. The number of alkyl halides is 3. The lowest BCUT2D eigenvalue weighted by atomic mass is 9.97. The third-order valence-corrected chi connectivity index (χ3v) is 6.85. The van der Waals surface area contributed by atoms with Crippen molar-refractivity contribution in [1.29, 1.82) is 0 Å². The average molecular weight is 558 g/mol. The standard InChI is InChI=1S/C27H26F3N5O5/c1-39-20-10-8-19(9-11-20)35-23(27(28,29)30)21(13-31-35)25-32-24(33-40-25)17-6-4-16(5-7-17)22(36)15-34-12-2-3-18(14-34)26(37)38/h4-11,13,18,22,36H,2-3,12,14-15H2,1H3,(H,37,38). The van der Waals surface area contributed by atoms with E-state index in [2.05, 4.69) is 15.2 Å². The minimum atomic E-state index is -4.77. The summed E-state index contributed by atoms with van der Waals surface area (Å²) in [7, 11) is 1.46. The molecule has 13 heteroatoms. The molecule has 0 saturated carbocycles. The third-order valence-electron chi connectivity index (χ3n) is 6.85. The van der Waals surface area contributed by atoms with Gasteiger partial charge < -0.3 is 19.5 Å². The number of nitrogens with zero attached hydrogens (tertiary/aromatic N) is 5. The van der Waals surface area contributed by atoms with Crippen LogP contribution < -0.4 is 4.74 Å². The van der Waals surface area contributed by atoms with Crippen LogP contribution in [0.5, 0.6) is 5.75 Å². The van der Waals surface area contributed by atoms with Crippen LogP contribution in [0.4, 0.5) is 13.2 Å². The molecule has 1 aliphatic rings. The average Bonchev–Trinajstić information content (AvgIpc) is 3.61. The molecule has 0 radical (unpaired) electrons. The largest absolute Gasteiger partial charge is 0.497 e. The van der Waals surface area contributed by atoms with Gasteiger partial charge in [0.05, 0.1) is 36.6 Å². The summed E-state index contributed by atoms with van der Waals surface area (Å²) in [6.45, 7) is 1.37. The second kappa shape index (κ2) is 11.1. The molecule has 1 fully saturated rings. The van der Waals surface area contributed by atoms with Crippen LogP contribution in [0.1, 0.15) is 30.2 Å². The molecule has 3 heterocycles. The van der Waals surface area contributed by atoms with Crippen molar-refractivity contribution in [2.75, 3.05) is 26.7 Å². The molecule has 5 rings (SSSR count). The first-order valence-corrected chi connectivity index (χ1v) is 12.5. The van der Waals surface area contributed by atoms with Gasteiger partial charge in [0.25, 0.3) is 5.89 Å². The number of carboxylic acid groups (broad SMARTS) is 1. The number of aromatic nitrogens is 4. The highest BCUT2D eigenvalue weighted by Gasteiger charge is 2.40. The number of carboxylic acids is 1. The molecule has 10 nitrogen and oxygen atoms in total. The maximum atomic E-state index is 14.1. The summed E-state index contributed by atoms with van der Waals surface area (Å²) in [5.74, 6) is -1.07. The zero-order chi connectivity index (χ0) is 28.4. The van der Waals surface area contributed by atoms with E-state index in [1.54, 1.807) is 24.3 Å². The Bertz CT molecular complexity index is 1470. The van der Waals surface area contributed by atoms with E-state index >= 15 is 0 Å². The number of hydrogen-bond donors (Lipinski definition) is 2. The van der Waals surface area contributed by atoms with Crippen LogP contribution in [-0.4, -0.2) is 67.7 Å². The number of ether oxygens (including phenoxy) is 1. The van der Waals surface area contributed by atoms with Gasteiger partial charge in [-0.1, -0.05) is 29.4 Å². The van der Waals surface area contributed by atoms with Gasteiger partial charge in [0, 0.05) is 18.7 Å². The van der Waals surface area contributed by atoms with Crippen molar-refractivity contribution < 1.29 is 37.4 Å². The van der Waals surface area contributed by atoms with Crippen LogP contribution in [0, 0.1) is 5.92 Å². The van der Waals surface area contributed by atoms with E-state index in [0.29, 0.717) is 36.4 Å². The number of halogens is 3. The molecular formula is C27H26F3N5O5. The number of β-amino-alcohol motifs (C(OH)–C–C–N with tert-alkyl or cyclic N) is 1. The van der Waals surface area contributed by atoms with E-state index in [1.807, 2.05) is 4.90 Å². The summed E-state index contributed by atoms with van der Waals surface area (Å²) in [5, 5.41) is 27.7. The molecule has 1 aliphatic heterocycles. The molecule has 2 N–H and O–H groups in total. The molecular weight excluding hydrogens is 531 g/mol. The quantitative estimate of drug-likeness (QED) is 0.323. The van der Waals surface area contributed by atoms with Crippen LogP contribution in [-0.2, 0) is 11.0 Å². The van der Waals surface area contributed by atoms with E-state index < -0.39 is 29.9 Å². The Balaban J connectivity index is 1.34. The van der Waals surface area contributed by atoms with Crippen molar-refractivity contribution >= 4 is 5.97 Å². The number of aliphatic hydroxyl groups excluding tert-OH is 1. The predicted molar refractivity (Wildman–Crippen MR) is 136 cm³/mol. The maximum Gasteiger partial charge on any atom is 0.434 e. The van der Waals surface area contributed by atoms with E-state index in [9.17, 15) is 28.2 Å². The Kier molecular flexibility index (Phi) is 7.59. The third kappa shape index (κ3) is 5.70. The highest BCUT2D eigenvalue weighted by molar-refractivity contribution is 5.70. The van der Waals surface area contributed by atoms with Gasteiger partial charge in [-0.2, -0.15) is 23.3 Å². The van der Waals surface area contributed by atoms with Gasteiger partial charge in [-0.15, -0.1) is 0 Å². The van der Waals surface area contributed by atoms with E-state index in [4.69, 9.17) is 9.26 Å². The lowest BCUT2D eigenvalue weighted by Crippen LogP contribution is -2.40. The molecule has 1 saturated heterocycles. The second-order valence-electron chi connectivity index (χ2n) is 9.51. The molecule has 0 amide bonds. The smallest absolute Gasteiger partial charge is 0.434 e. The number of likely N-dealkylation sites (tertiary alicyclic amines) is 1. The molecule has 4 aromatic rings. The number of aliphatic hydroxyl groups is 1. The zero-order valence-electron chi connectivity index (χ0n) is 21.4. The number of carbonyl (C=O) groups is 1. The minimum Gasteiger partial charge on any atom is -0.497 e. The first-order valence-electron chi connectivity index (χ1n) is 12.5. The van der Waals surface area contributed by atoms with Gasteiger partial charge in [-0.3, -0.25) is 9.69 Å². The van der Waals surface area contributed by atoms with Crippen molar-refractivity contribution in [3.8, 4) is 34.3 Å². The van der Waals surface area contributed by atoms with Crippen LogP contribution in [0.15, 0.2) is 59.3 Å². The minimum absolute atomic E-state index is 0.0710. The van der Waals surface area contributed by atoms with Crippen LogP contribution in [0.2, 0.25) is 0 Å². The summed E-state index contributed by atoms with van der Waals surface area (Å²) in [4.78, 5) is 17.4. The Labute approximate surface area is 226 Å². The summed E-state index contributed by atoms with van der Waals surface area (Å²) >= 11 is 0. The first-order chi connectivity index (χ1) is 19.1. The topological polar surface area (TPSA) is 127 Å². The number of hydrogen-bond acceptors (Lipinski definition) is 8. The van der Waals surface area contributed by atoms with Crippen molar-refractivity contribution in [2.24, 2.45) is 5.92 Å². The summed E-state index contributed by atoms with van der Waals surface area (Å²) < 4.78 is 53.3. The molecule has 210 valence electrons. The number of rotatable bonds is 8. The Morgan fingerprint density at radius 1 is 1.18 bits per heavy atom. The fourth-order valence-electron chi connectivity index (χ4n) is 4.77. The molecule has 2 aromatic heterocycles. The van der Waals surface area contributed by atoms with Crippen molar-refractivity contribution in [3.05, 3.63) is 66.0 Å². The highest BCUT2D eigenvalue weighted by Crippen LogP contribution is 2.38. The molecule has 40 heavy (non-hydrogen) atoms. The molecule has 0 spiro atoms. The Hall–Kier alpha value is -4.23. The SMILES string of the molecule is COc1ccc(-n2ncc(-c3nc(-c4ccc(C(O)CN5CCCC(C(=O)O)C5)cc4)no3)c2C(F)(F)F)cc1. The molecule has 2 atom stereocenters. The van der Waals surface area contributed by atoms with Gasteiger partial charge in [0.15, 0.2) is 5.69 Å². The molecule has 0 aliphatic carbocycles. The lowest BCUT2D eigenvalue weighted by molar-refractivity contribution is -0.144. The molecule has 2 aromatic carbocycles. The van der Waals surface area contributed by atoms with Gasteiger partial charge >= 0.3 is 12.1 Å². The normalized spacial score (nSPS) is 17.1. The monoisotopic (exact) mass is 557 g/mol. The van der Waals surface area contributed by atoms with Crippen molar-refractivity contribution in [2.45, 2.75) is 25.1 Å². The Morgan fingerprint density at radius 3 is 2.55 bits per heavy atom. The number of benzene rings is 2. The molecule has 0 bridgehead atoms. The number of aliphatic carboxylic acids is 1. The van der Waals surface area contributed by atoms with Crippen LogP contribution in [0.25, 0.3) is 28.5 Å². The van der Waals surface area contributed by atoms with E-state index in [1.165, 1.54) is 31.4 Å². The Morgan fingerprint density at radius 2 is 1.90 bits per heavy atom. The number of methoxy groups -OCH3 is 1. The molecule has 2 unspecified atom stereocenters. The zero-order valence-corrected chi connectivity index (χ0v) is 21.4. The second-order valence-corrected chi connectivity index (χ2v) is 9.51.